The van der Waals surface area contributed by atoms with E-state index in [0.717, 1.165) is 0 Å². The predicted molar refractivity (Wildman–Crippen MR) is 73.7 cm³/mol. The van der Waals surface area contributed by atoms with E-state index in [0.29, 0.717) is 16.4 Å². The van der Waals surface area contributed by atoms with E-state index >= 15 is 0 Å². The van der Waals surface area contributed by atoms with Gasteiger partial charge in [-0.05, 0) is 12.1 Å². The van der Waals surface area contributed by atoms with Crippen molar-refractivity contribution in [1.82, 2.24) is 9.78 Å². The number of hydrogen-bond acceptors (Lipinski definition) is 4. The molecule has 1 aromatic carbocycles. The molecule has 0 aliphatic carbocycles. The molecule has 0 aliphatic heterocycles. The third-order valence-electron chi connectivity index (χ3n) is 2.73. The van der Waals surface area contributed by atoms with Gasteiger partial charge in [0.2, 0.25) is 5.82 Å². The molecule has 0 spiro atoms. The summed E-state index contributed by atoms with van der Waals surface area (Å²) in [6.07, 6.45) is 0. The number of benzene rings is 1. The summed E-state index contributed by atoms with van der Waals surface area (Å²) in [6, 6.07) is 6.92. The van der Waals surface area contributed by atoms with Crippen LogP contribution in [0.3, 0.4) is 0 Å². The molecular formula is C12H13ClN4O2. The maximum absolute atomic E-state index is 11.1. The van der Waals surface area contributed by atoms with Gasteiger partial charge in [-0.3, -0.25) is 10.1 Å². The minimum atomic E-state index is -0.509. The van der Waals surface area contributed by atoms with E-state index in [2.05, 4.69) is 5.10 Å². The largest absolute Gasteiger partial charge is 0.378 e. The molecular weight excluding hydrogens is 268 g/mol. The summed E-state index contributed by atoms with van der Waals surface area (Å²) in [4.78, 5) is 10.6. The molecule has 0 unspecified atom stereocenters. The van der Waals surface area contributed by atoms with Crippen LogP contribution in [0, 0.1) is 10.1 Å². The van der Waals surface area contributed by atoms with Gasteiger partial charge in [-0.15, -0.1) is 0 Å². The van der Waals surface area contributed by atoms with Crippen molar-refractivity contribution in [1.29, 1.82) is 0 Å². The second-order valence-corrected chi connectivity index (χ2v) is 4.80. The Morgan fingerprint density at radius 1 is 1.42 bits per heavy atom. The SMILES string of the molecule is CC(C)c1nn(-c2ccccc2Cl)c(N)c1[N+](=O)[O-]. The molecule has 100 valence electrons. The fourth-order valence-corrected chi connectivity index (χ4v) is 2.04. The third kappa shape index (κ3) is 2.26. The first-order chi connectivity index (χ1) is 8.93. The zero-order valence-corrected chi connectivity index (χ0v) is 11.3. The van der Waals surface area contributed by atoms with Crippen molar-refractivity contribution in [3.63, 3.8) is 0 Å². The molecule has 0 saturated heterocycles. The summed E-state index contributed by atoms with van der Waals surface area (Å²) in [7, 11) is 0. The molecule has 19 heavy (non-hydrogen) atoms. The smallest absolute Gasteiger partial charge is 0.334 e. The minimum absolute atomic E-state index is 0.0122. The number of para-hydroxylation sites is 1. The zero-order valence-electron chi connectivity index (χ0n) is 10.5. The Kier molecular flexibility index (Phi) is 3.44. The van der Waals surface area contributed by atoms with Crippen LogP contribution in [0.1, 0.15) is 25.5 Å². The molecule has 7 heteroatoms. The molecule has 1 heterocycles. The van der Waals surface area contributed by atoms with Gasteiger partial charge in [0.15, 0.2) is 0 Å². The average molecular weight is 281 g/mol. The average Bonchev–Trinajstić information content (AvgIpc) is 2.68. The van der Waals surface area contributed by atoms with Crippen LogP contribution in [0.5, 0.6) is 0 Å². The Bertz CT molecular complexity index is 637. The summed E-state index contributed by atoms with van der Waals surface area (Å²) >= 11 is 6.07. The number of nitrogens with two attached hydrogens (primary N) is 1. The van der Waals surface area contributed by atoms with E-state index in [4.69, 9.17) is 17.3 Å². The van der Waals surface area contributed by atoms with Crippen molar-refractivity contribution in [2.24, 2.45) is 0 Å². The van der Waals surface area contributed by atoms with Gasteiger partial charge >= 0.3 is 5.69 Å². The van der Waals surface area contributed by atoms with Gasteiger partial charge in [-0.1, -0.05) is 37.6 Å². The molecule has 0 saturated carbocycles. The fourth-order valence-electron chi connectivity index (χ4n) is 1.82. The summed E-state index contributed by atoms with van der Waals surface area (Å²) in [5.74, 6) is -0.117. The van der Waals surface area contributed by atoms with Crippen molar-refractivity contribution in [3.05, 3.63) is 45.1 Å². The summed E-state index contributed by atoms with van der Waals surface area (Å²) in [6.45, 7) is 3.65. The summed E-state index contributed by atoms with van der Waals surface area (Å²) in [5, 5.41) is 15.8. The number of anilines is 1. The Balaban J connectivity index is 2.70. The van der Waals surface area contributed by atoms with E-state index in [1.54, 1.807) is 24.3 Å². The topological polar surface area (TPSA) is 87.0 Å². The Hall–Kier alpha value is -2.08. The number of halogens is 1. The second kappa shape index (κ2) is 4.89. The summed E-state index contributed by atoms with van der Waals surface area (Å²) in [5.41, 5.74) is 6.56. The Morgan fingerprint density at radius 2 is 2.05 bits per heavy atom. The molecule has 0 bridgehead atoms. The number of hydrogen-bond donors (Lipinski definition) is 1. The lowest BCUT2D eigenvalue weighted by molar-refractivity contribution is -0.384. The highest BCUT2D eigenvalue weighted by Crippen LogP contribution is 2.34. The van der Waals surface area contributed by atoms with Crippen LogP contribution in [0.15, 0.2) is 24.3 Å². The minimum Gasteiger partial charge on any atom is -0.378 e. The van der Waals surface area contributed by atoms with Crippen LogP contribution in [-0.2, 0) is 0 Å². The molecule has 0 fully saturated rings. The van der Waals surface area contributed by atoms with Gasteiger partial charge in [-0.2, -0.15) is 5.10 Å². The van der Waals surface area contributed by atoms with Gasteiger partial charge in [0, 0.05) is 5.92 Å². The fraction of sp³-hybridized carbons (Fsp3) is 0.250. The van der Waals surface area contributed by atoms with Crippen LogP contribution in [0.2, 0.25) is 5.02 Å². The van der Waals surface area contributed by atoms with Crippen LogP contribution in [-0.4, -0.2) is 14.7 Å². The first kappa shape index (κ1) is 13.4. The monoisotopic (exact) mass is 280 g/mol. The van der Waals surface area contributed by atoms with E-state index in [-0.39, 0.29) is 17.4 Å². The third-order valence-corrected chi connectivity index (χ3v) is 3.05. The molecule has 0 aliphatic rings. The van der Waals surface area contributed by atoms with Crippen molar-refractivity contribution in [2.45, 2.75) is 19.8 Å². The molecule has 6 nitrogen and oxygen atoms in total. The molecule has 2 aromatic rings. The van der Waals surface area contributed by atoms with Gasteiger partial charge in [0.25, 0.3) is 0 Å². The normalized spacial score (nSPS) is 10.9. The number of aromatic nitrogens is 2. The first-order valence-corrected chi connectivity index (χ1v) is 6.09. The first-order valence-electron chi connectivity index (χ1n) is 5.71. The molecule has 0 atom stereocenters. The van der Waals surface area contributed by atoms with E-state index < -0.39 is 4.92 Å². The Labute approximate surface area is 114 Å². The molecule has 0 amide bonds. The number of rotatable bonds is 3. The van der Waals surface area contributed by atoms with Crippen LogP contribution in [0.4, 0.5) is 11.5 Å². The standard InChI is InChI=1S/C12H13ClN4O2/c1-7(2)10-11(17(18)19)12(14)16(15-10)9-6-4-3-5-8(9)13/h3-7H,14H2,1-2H3. The van der Waals surface area contributed by atoms with E-state index in [1.807, 2.05) is 13.8 Å². The van der Waals surface area contributed by atoms with Crippen LogP contribution in [0.25, 0.3) is 5.69 Å². The highest BCUT2D eigenvalue weighted by Gasteiger charge is 2.28. The maximum atomic E-state index is 11.1. The Morgan fingerprint density at radius 3 is 2.53 bits per heavy atom. The molecule has 1 aromatic heterocycles. The molecule has 0 radical (unpaired) electrons. The maximum Gasteiger partial charge on any atom is 0.334 e. The quantitative estimate of drug-likeness (QED) is 0.691. The number of nitrogens with zero attached hydrogens (tertiary/aromatic N) is 3. The van der Waals surface area contributed by atoms with E-state index in [1.165, 1.54) is 4.68 Å². The number of nitrogen functional groups attached to an aromatic ring is 1. The predicted octanol–water partition coefficient (Wildman–Crippen LogP) is 3.14. The zero-order chi connectivity index (χ0) is 14.2. The lowest BCUT2D eigenvalue weighted by Gasteiger charge is -2.04. The van der Waals surface area contributed by atoms with Gasteiger partial charge in [0.05, 0.1) is 15.6 Å². The highest BCUT2D eigenvalue weighted by molar-refractivity contribution is 6.32. The van der Waals surface area contributed by atoms with Crippen molar-refractivity contribution < 1.29 is 4.92 Å². The molecule has 2 N–H and O–H groups in total. The summed E-state index contributed by atoms with van der Waals surface area (Å²) < 4.78 is 1.32. The van der Waals surface area contributed by atoms with Gasteiger partial charge in [0.1, 0.15) is 5.69 Å². The lowest BCUT2D eigenvalue weighted by Crippen LogP contribution is -2.03. The van der Waals surface area contributed by atoms with Crippen LogP contribution >= 0.6 is 11.6 Å². The van der Waals surface area contributed by atoms with Crippen molar-refractivity contribution >= 4 is 23.1 Å². The van der Waals surface area contributed by atoms with Gasteiger partial charge in [-0.25, -0.2) is 4.68 Å². The second-order valence-electron chi connectivity index (χ2n) is 4.39. The van der Waals surface area contributed by atoms with Crippen molar-refractivity contribution in [3.8, 4) is 5.69 Å². The lowest BCUT2D eigenvalue weighted by atomic mass is 10.1. The van der Waals surface area contributed by atoms with Crippen LogP contribution < -0.4 is 5.73 Å². The van der Waals surface area contributed by atoms with E-state index in [9.17, 15) is 10.1 Å². The molecule has 2 rings (SSSR count). The van der Waals surface area contributed by atoms with Gasteiger partial charge < -0.3 is 5.73 Å². The number of nitro groups is 1. The van der Waals surface area contributed by atoms with Crippen molar-refractivity contribution in [2.75, 3.05) is 5.73 Å². The highest BCUT2D eigenvalue weighted by atomic mass is 35.5.